The van der Waals surface area contributed by atoms with Crippen molar-refractivity contribution in [3.05, 3.63) is 52.0 Å². The number of likely N-dealkylation sites (tertiary alicyclic amines) is 1. The number of piperidine rings is 1. The second-order valence-electron chi connectivity index (χ2n) is 7.06. The van der Waals surface area contributed by atoms with Crippen LogP contribution < -0.4 is 0 Å². The maximum absolute atomic E-state index is 12.7. The molecule has 1 aromatic heterocycles. The molecule has 1 saturated heterocycles. The zero-order valence-electron chi connectivity index (χ0n) is 15.0. The normalized spacial score (nSPS) is 17.4. The number of oxazole rings is 1. The summed E-state index contributed by atoms with van der Waals surface area (Å²) in [6.45, 7) is 2.98. The van der Waals surface area contributed by atoms with Gasteiger partial charge in [0.2, 0.25) is 11.8 Å². The van der Waals surface area contributed by atoms with E-state index in [4.69, 9.17) is 27.6 Å². The number of rotatable bonds is 3. The number of halogens is 2. The van der Waals surface area contributed by atoms with E-state index in [9.17, 15) is 4.79 Å². The number of aromatic nitrogens is 1. The molecule has 0 radical (unpaired) electrons. The number of hydrogen-bond donors (Lipinski definition) is 0. The molecule has 0 N–H and O–H groups in total. The Morgan fingerprint density at radius 1 is 1.26 bits per heavy atom. The van der Waals surface area contributed by atoms with Gasteiger partial charge < -0.3 is 9.32 Å². The summed E-state index contributed by atoms with van der Waals surface area (Å²) in [5.74, 6) is 0.640. The molecule has 1 aliphatic heterocycles. The van der Waals surface area contributed by atoms with Crippen LogP contribution in [0, 0.1) is 0 Å². The predicted molar refractivity (Wildman–Crippen MR) is 108 cm³/mol. The lowest BCUT2D eigenvalue weighted by atomic mass is 10.0. The first-order chi connectivity index (χ1) is 13.0. The number of amides is 1. The molecule has 4 rings (SSSR count). The molecular weight excluding hydrogens is 383 g/mol. The van der Waals surface area contributed by atoms with E-state index in [-0.39, 0.29) is 5.91 Å². The van der Waals surface area contributed by atoms with Crippen LogP contribution in [0.5, 0.6) is 0 Å². The lowest BCUT2D eigenvalue weighted by molar-refractivity contribution is -0.133. The molecule has 0 aliphatic carbocycles. The Kier molecular flexibility index (Phi) is 5.11. The third-order valence-electron chi connectivity index (χ3n) is 5.06. The summed E-state index contributed by atoms with van der Waals surface area (Å²) in [6, 6.07) is 11.4. The van der Waals surface area contributed by atoms with Crippen molar-refractivity contribution < 1.29 is 9.21 Å². The first-order valence-electron chi connectivity index (χ1n) is 9.15. The molecular formula is C21H20Cl2N2O2. The summed E-state index contributed by atoms with van der Waals surface area (Å²) in [5.41, 5.74) is 2.89. The van der Waals surface area contributed by atoms with Gasteiger partial charge in [-0.15, -0.1) is 0 Å². The highest BCUT2D eigenvalue weighted by Gasteiger charge is 2.23. The van der Waals surface area contributed by atoms with Crippen LogP contribution in [-0.4, -0.2) is 28.4 Å². The van der Waals surface area contributed by atoms with Crippen LogP contribution in [0.25, 0.3) is 22.6 Å². The molecule has 3 aromatic rings. The van der Waals surface area contributed by atoms with Gasteiger partial charge in [0.05, 0.1) is 11.4 Å². The van der Waals surface area contributed by atoms with Gasteiger partial charge in [0.15, 0.2) is 5.58 Å². The molecule has 6 heteroatoms. The molecule has 140 valence electrons. The van der Waals surface area contributed by atoms with Crippen LogP contribution >= 0.6 is 23.2 Å². The van der Waals surface area contributed by atoms with Crippen molar-refractivity contribution in [3.63, 3.8) is 0 Å². The molecule has 1 amide bonds. The van der Waals surface area contributed by atoms with Crippen molar-refractivity contribution in [1.29, 1.82) is 0 Å². The highest BCUT2D eigenvalue weighted by atomic mass is 35.5. The van der Waals surface area contributed by atoms with Crippen molar-refractivity contribution in [2.45, 2.75) is 38.6 Å². The Balaban J connectivity index is 1.59. The maximum Gasteiger partial charge on any atom is 0.227 e. The first kappa shape index (κ1) is 18.3. The lowest BCUT2D eigenvalue weighted by Gasteiger charge is -2.33. The number of carbonyl (C=O) groups excluding carboxylic acids is 1. The third-order valence-corrected chi connectivity index (χ3v) is 5.56. The fourth-order valence-corrected chi connectivity index (χ4v) is 4.16. The van der Waals surface area contributed by atoms with Gasteiger partial charge in [0.25, 0.3) is 0 Å². The monoisotopic (exact) mass is 402 g/mol. The minimum absolute atomic E-state index is 0.173. The molecule has 0 bridgehead atoms. The van der Waals surface area contributed by atoms with E-state index < -0.39 is 0 Å². The highest BCUT2D eigenvalue weighted by Crippen LogP contribution is 2.32. The number of nitrogens with zero attached hydrogens (tertiary/aromatic N) is 2. The van der Waals surface area contributed by atoms with Crippen molar-refractivity contribution in [1.82, 2.24) is 9.88 Å². The first-order valence-corrected chi connectivity index (χ1v) is 9.91. The van der Waals surface area contributed by atoms with Crippen molar-refractivity contribution in [2.24, 2.45) is 0 Å². The standard InChI is InChI=1S/C21H20Cl2N2O2/c1-13-5-2-3-8-25(13)19(26)10-14-6-4-7-15(9-14)21-24-18-12-16(22)11-17(23)20(18)27-21/h4,6-7,9,11-13H,2-3,5,8,10H2,1H3. The smallest absolute Gasteiger partial charge is 0.227 e. The van der Waals surface area contributed by atoms with Gasteiger partial charge in [-0.1, -0.05) is 35.3 Å². The quantitative estimate of drug-likeness (QED) is 0.560. The average molecular weight is 403 g/mol. The summed E-state index contributed by atoms with van der Waals surface area (Å²) in [4.78, 5) is 19.2. The summed E-state index contributed by atoms with van der Waals surface area (Å²) in [6.07, 6.45) is 3.75. The van der Waals surface area contributed by atoms with Crippen molar-refractivity contribution in [2.75, 3.05) is 6.54 Å². The minimum atomic E-state index is 0.173. The SMILES string of the molecule is CC1CCCCN1C(=O)Cc1cccc(-c2nc3cc(Cl)cc(Cl)c3o2)c1. The molecule has 27 heavy (non-hydrogen) atoms. The predicted octanol–water partition coefficient (Wildman–Crippen LogP) is 5.75. The van der Waals surface area contributed by atoms with Gasteiger partial charge in [-0.2, -0.15) is 0 Å². The van der Waals surface area contributed by atoms with E-state index >= 15 is 0 Å². The number of hydrogen-bond acceptors (Lipinski definition) is 3. The van der Waals surface area contributed by atoms with Crippen LogP contribution in [0.4, 0.5) is 0 Å². The molecule has 4 nitrogen and oxygen atoms in total. The van der Waals surface area contributed by atoms with Gasteiger partial charge in [-0.3, -0.25) is 4.79 Å². The summed E-state index contributed by atoms with van der Waals surface area (Å²) in [5, 5.41) is 0.948. The van der Waals surface area contributed by atoms with Crippen LogP contribution in [0.15, 0.2) is 40.8 Å². The molecule has 1 fully saturated rings. The molecule has 2 aromatic carbocycles. The largest absolute Gasteiger partial charge is 0.435 e. The Bertz CT molecular complexity index is 999. The number of fused-ring (bicyclic) bond motifs is 1. The van der Waals surface area contributed by atoms with Gasteiger partial charge in [-0.25, -0.2) is 4.98 Å². The fourth-order valence-electron chi connectivity index (χ4n) is 3.64. The van der Waals surface area contributed by atoms with E-state index in [1.165, 1.54) is 6.42 Å². The van der Waals surface area contributed by atoms with Gasteiger partial charge >= 0.3 is 0 Å². The molecule has 0 saturated carbocycles. The Labute approximate surface area is 168 Å². The van der Waals surface area contributed by atoms with Gasteiger partial charge in [0, 0.05) is 23.2 Å². The zero-order valence-corrected chi connectivity index (χ0v) is 16.6. The third kappa shape index (κ3) is 3.83. The number of benzene rings is 2. The highest BCUT2D eigenvalue weighted by molar-refractivity contribution is 6.38. The number of carbonyl (C=O) groups is 1. The van der Waals surface area contributed by atoms with Crippen LogP contribution in [0.2, 0.25) is 10.0 Å². The van der Waals surface area contributed by atoms with Gasteiger partial charge in [-0.05, 0) is 56.0 Å². The fraction of sp³-hybridized carbons (Fsp3) is 0.333. The molecule has 2 heterocycles. The summed E-state index contributed by atoms with van der Waals surface area (Å²) in [7, 11) is 0. The van der Waals surface area contributed by atoms with E-state index in [0.29, 0.717) is 39.5 Å². The molecule has 1 atom stereocenters. The minimum Gasteiger partial charge on any atom is -0.435 e. The second kappa shape index (κ2) is 7.53. The summed E-state index contributed by atoms with van der Waals surface area (Å²) < 4.78 is 5.84. The molecule has 1 unspecified atom stereocenters. The zero-order chi connectivity index (χ0) is 19.0. The van der Waals surface area contributed by atoms with Crippen LogP contribution in [-0.2, 0) is 11.2 Å². The second-order valence-corrected chi connectivity index (χ2v) is 7.91. The van der Waals surface area contributed by atoms with E-state index in [2.05, 4.69) is 11.9 Å². The van der Waals surface area contributed by atoms with Gasteiger partial charge in [0.1, 0.15) is 5.52 Å². The van der Waals surface area contributed by atoms with E-state index in [1.54, 1.807) is 12.1 Å². The topological polar surface area (TPSA) is 46.3 Å². The van der Waals surface area contributed by atoms with E-state index in [1.807, 2.05) is 29.2 Å². The van der Waals surface area contributed by atoms with E-state index in [0.717, 1.165) is 30.5 Å². The Hall–Kier alpha value is -2.04. The average Bonchev–Trinajstić information content (AvgIpc) is 3.06. The van der Waals surface area contributed by atoms with Crippen LogP contribution in [0.3, 0.4) is 0 Å². The van der Waals surface area contributed by atoms with Crippen molar-refractivity contribution >= 4 is 40.2 Å². The lowest BCUT2D eigenvalue weighted by Crippen LogP contribution is -2.42. The summed E-state index contributed by atoms with van der Waals surface area (Å²) >= 11 is 12.2. The van der Waals surface area contributed by atoms with Crippen LogP contribution in [0.1, 0.15) is 31.7 Å². The Morgan fingerprint density at radius 2 is 2.11 bits per heavy atom. The maximum atomic E-state index is 12.7. The van der Waals surface area contributed by atoms with Crippen molar-refractivity contribution in [3.8, 4) is 11.5 Å². The Morgan fingerprint density at radius 3 is 2.93 bits per heavy atom. The molecule has 0 spiro atoms. The molecule has 1 aliphatic rings.